The molecule has 4 nitrogen and oxygen atoms in total. The van der Waals surface area contributed by atoms with Crippen molar-refractivity contribution in [1.29, 1.82) is 0 Å². The Balaban J connectivity index is 3.60. The van der Waals surface area contributed by atoms with Gasteiger partial charge < -0.3 is 9.47 Å². The number of esters is 1. The first-order chi connectivity index (χ1) is 8.97. The third-order valence-corrected chi connectivity index (χ3v) is 1.86. The third-order valence-electron chi connectivity index (χ3n) is 1.86. The molecule has 1 aromatic rings. The maximum Gasteiger partial charge on any atom is 0.573 e. The molecule has 0 fully saturated rings. The van der Waals surface area contributed by atoms with E-state index in [-0.39, 0.29) is 6.20 Å². The number of methoxy groups -OCH3 is 1. The van der Waals surface area contributed by atoms with Crippen molar-refractivity contribution in [1.82, 2.24) is 4.98 Å². The molecule has 0 N–H and O–H groups in total. The summed E-state index contributed by atoms with van der Waals surface area (Å²) in [7, 11) is 0.646. The summed E-state index contributed by atoms with van der Waals surface area (Å²) in [6.07, 6.45) is -11.0. The lowest BCUT2D eigenvalue weighted by molar-refractivity contribution is -0.276. The van der Waals surface area contributed by atoms with Crippen molar-refractivity contribution < 1.29 is 45.0 Å². The summed E-state index contributed by atoms with van der Waals surface area (Å²) < 4.78 is 94.1. The summed E-state index contributed by atoms with van der Waals surface area (Å²) in [5.74, 6) is -5.62. The minimum absolute atomic E-state index is 0.0572. The highest BCUT2D eigenvalue weighted by atomic mass is 19.4. The molecule has 112 valence electrons. The molecule has 1 heterocycles. The van der Waals surface area contributed by atoms with Crippen LogP contribution in [0.3, 0.4) is 0 Å². The molecule has 20 heavy (non-hydrogen) atoms. The molecule has 0 radical (unpaired) electrons. The molecule has 0 saturated carbocycles. The number of hydrogen-bond donors (Lipinski definition) is 0. The molecule has 11 heteroatoms. The van der Waals surface area contributed by atoms with Crippen LogP contribution in [0.25, 0.3) is 0 Å². The average Bonchev–Trinajstić information content (AvgIpc) is 2.24. The molecule has 1 aromatic heterocycles. The predicted molar refractivity (Wildman–Crippen MR) is 47.2 cm³/mol. The van der Waals surface area contributed by atoms with Crippen molar-refractivity contribution in [2.45, 2.75) is 12.5 Å². The lowest BCUT2D eigenvalue weighted by Crippen LogP contribution is -2.24. The summed E-state index contributed by atoms with van der Waals surface area (Å²) in [6.45, 7) is 0. The van der Waals surface area contributed by atoms with Crippen LogP contribution in [-0.2, 0) is 10.9 Å². The van der Waals surface area contributed by atoms with Gasteiger partial charge in [-0.3, -0.25) is 0 Å². The van der Waals surface area contributed by atoms with Gasteiger partial charge in [-0.1, -0.05) is 0 Å². The largest absolute Gasteiger partial charge is 0.573 e. The van der Waals surface area contributed by atoms with Crippen molar-refractivity contribution in [3.05, 3.63) is 23.3 Å². The highest BCUT2D eigenvalue weighted by molar-refractivity contribution is 5.93. The van der Waals surface area contributed by atoms with E-state index in [0.717, 1.165) is 0 Å². The number of ether oxygens (including phenoxy) is 2. The van der Waals surface area contributed by atoms with Crippen LogP contribution >= 0.6 is 0 Å². The van der Waals surface area contributed by atoms with Gasteiger partial charge in [0.15, 0.2) is 17.3 Å². The van der Waals surface area contributed by atoms with E-state index in [1.54, 1.807) is 0 Å². The molecule has 0 spiro atoms. The van der Waals surface area contributed by atoms with Crippen LogP contribution in [0.5, 0.6) is 5.75 Å². The highest BCUT2D eigenvalue weighted by Crippen LogP contribution is 2.40. The number of aromatic nitrogens is 1. The third kappa shape index (κ3) is 3.48. The monoisotopic (exact) mass is 307 g/mol. The molecule has 1 rings (SSSR count). The number of halogens is 7. The lowest BCUT2D eigenvalue weighted by Gasteiger charge is -2.17. The number of carbonyl (C=O) groups is 1. The Morgan fingerprint density at radius 2 is 1.75 bits per heavy atom. The summed E-state index contributed by atoms with van der Waals surface area (Å²) in [4.78, 5) is 13.6. The van der Waals surface area contributed by atoms with Gasteiger partial charge in [0.2, 0.25) is 0 Å². The summed E-state index contributed by atoms with van der Waals surface area (Å²) in [6, 6.07) is 0. The van der Waals surface area contributed by atoms with Crippen LogP contribution in [0.1, 0.15) is 16.1 Å². The van der Waals surface area contributed by atoms with Gasteiger partial charge in [-0.25, -0.2) is 14.2 Å². The predicted octanol–water partition coefficient (Wildman–Crippen LogP) is 2.92. The molecule has 0 atom stereocenters. The molecule has 0 bridgehead atoms. The van der Waals surface area contributed by atoms with Gasteiger partial charge in [-0.05, 0) is 0 Å². The van der Waals surface area contributed by atoms with E-state index in [4.69, 9.17) is 0 Å². The van der Waals surface area contributed by atoms with Crippen LogP contribution in [0, 0.1) is 5.82 Å². The molecule has 0 aromatic carbocycles. The zero-order valence-electron chi connectivity index (χ0n) is 9.40. The topological polar surface area (TPSA) is 48.4 Å². The Morgan fingerprint density at radius 1 is 1.20 bits per heavy atom. The fourth-order valence-corrected chi connectivity index (χ4v) is 1.18. The van der Waals surface area contributed by atoms with Crippen LogP contribution in [0.4, 0.5) is 30.7 Å². The summed E-state index contributed by atoms with van der Waals surface area (Å²) in [5, 5.41) is 0. The second-order valence-corrected chi connectivity index (χ2v) is 3.20. The molecule has 0 amide bonds. The second-order valence-electron chi connectivity index (χ2n) is 3.20. The van der Waals surface area contributed by atoms with Gasteiger partial charge in [-0.15, -0.1) is 13.2 Å². The van der Waals surface area contributed by atoms with Crippen LogP contribution < -0.4 is 4.74 Å². The van der Waals surface area contributed by atoms with Crippen LogP contribution in [0.15, 0.2) is 6.20 Å². The van der Waals surface area contributed by atoms with Crippen molar-refractivity contribution in [2.24, 2.45) is 0 Å². The first-order valence-corrected chi connectivity index (χ1v) is 4.57. The summed E-state index contributed by atoms with van der Waals surface area (Å²) in [5.41, 5.74) is -3.84. The number of pyridine rings is 1. The zero-order valence-corrected chi connectivity index (χ0v) is 9.40. The van der Waals surface area contributed by atoms with Crippen LogP contribution in [-0.4, -0.2) is 24.4 Å². The molecular weight excluding hydrogens is 303 g/mol. The van der Waals surface area contributed by atoms with E-state index in [2.05, 4.69) is 14.5 Å². The Morgan fingerprint density at radius 3 is 2.15 bits per heavy atom. The average molecular weight is 307 g/mol. The van der Waals surface area contributed by atoms with Crippen molar-refractivity contribution in [3.63, 3.8) is 0 Å². The van der Waals surface area contributed by atoms with Crippen LogP contribution in [0.2, 0.25) is 0 Å². The Labute approximate surface area is 106 Å². The molecule has 0 saturated heterocycles. The fraction of sp³-hybridized carbons (Fsp3) is 0.333. The smallest absolute Gasteiger partial charge is 0.465 e. The fourth-order valence-electron chi connectivity index (χ4n) is 1.18. The molecule has 0 aliphatic heterocycles. The van der Waals surface area contributed by atoms with Gasteiger partial charge in [0.05, 0.1) is 13.3 Å². The minimum atomic E-state index is -5.59. The maximum absolute atomic E-state index is 13.3. The van der Waals surface area contributed by atoms with Crippen molar-refractivity contribution >= 4 is 5.97 Å². The summed E-state index contributed by atoms with van der Waals surface area (Å²) >= 11 is 0. The Kier molecular flexibility index (Phi) is 4.10. The molecule has 0 aliphatic carbocycles. The van der Waals surface area contributed by atoms with E-state index in [9.17, 15) is 35.5 Å². The molecule has 0 unspecified atom stereocenters. The van der Waals surface area contributed by atoms with Gasteiger partial charge in [0.25, 0.3) is 0 Å². The Hall–Kier alpha value is -2.07. The number of rotatable bonds is 2. The normalized spacial score (nSPS) is 12.2. The molecular formula is C9H4F7NO3. The SMILES string of the molecule is COC(=O)c1c(F)cnc(C(F)(F)F)c1OC(F)(F)F. The molecule has 0 aliphatic rings. The van der Waals surface area contributed by atoms with Gasteiger partial charge >= 0.3 is 18.5 Å². The first kappa shape index (κ1) is 16.0. The number of carbonyl (C=O) groups excluding carboxylic acids is 1. The lowest BCUT2D eigenvalue weighted by atomic mass is 10.2. The van der Waals surface area contributed by atoms with E-state index < -0.39 is 41.3 Å². The van der Waals surface area contributed by atoms with Gasteiger partial charge in [0, 0.05) is 0 Å². The van der Waals surface area contributed by atoms with Gasteiger partial charge in [-0.2, -0.15) is 13.2 Å². The van der Waals surface area contributed by atoms with E-state index >= 15 is 0 Å². The number of alkyl halides is 6. The Bertz CT molecular complexity index is 523. The minimum Gasteiger partial charge on any atom is -0.465 e. The van der Waals surface area contributed by atoms with E-state index in [1.807, 2.05) is 0 Å². The van der Waals surface area contributed by atoms with Gasteiger partial charge in [0.1, 0.15) is 5.56 Å². The van der Waals surface area contributed by atoms with E-state index in [0.29, 0.717) is 7.11 Å². The maximum atomic E-state index is 13.3. The second kappa shape index (κ2) is 5.13. The first-order valence-electron chi connectivity index (χ1n) is 4.57. The zero-order chi connectivity index (χ0) is 15.7. The van der Waals surface area contributed by atoms with E-state index in [1.165, 1.54) is 0 Å². The quantitative estimate of drug-likeness (QED) is 0.622. The van der Waals surface area contributed by atoms with Crippen molar-refractivity contribution in [2.75, 3.05) is 7.11 Å². The number of hydrogen-bond acceptors (Lipinski definition) is 4. The van der Waals surface area contributed by atoms with Crippen molar-refractivity contribution in [3.8, 4) is 5.75 Å². The number of nitrogens with zero attached hydrogens (tertiary/aromatic N) is 1. The standard InChI is InChI=1S/C9H4F7NO3/c1-19-7(18)4-3(10)2-17-6(8(11,12)13)5(4)20-9(14,15)16/h2H,1H3. The highest BCUT2D eigenvalue weighted by Gasteiger charge is 2.44.